The van der Waals surface area contributed by atoms with Gasteiger partial charge in [0.2, 0.25) is 5.91 Å². The van der Waals surface area contributed by atoms with Gasteiger partial charge < -0.3 is 25.8 Å². The van der Waals surface area contributed by atoms with E-state index in [1.807, 2.05) is 0 Å². The van der Waals surface area contributed by atoms with E-state index in [-0.39, 0.29) is 18.1 Å². The first-order valence-corrected chi connectivity index (χ1v) is 7.01. The summed E-state index contributed by atoms with van der Waals surface area (Å²) in [4.78, 5) is 31.0. The van der Waals surface area contributed by atoms with Crippen LogP contribution < -0.4 is 16.4 Å². The highest BCUT2D eigenvalue weighted by Gasteiger charge is 2.00. The molecule has 0 atom stereocenters. The fourth-order valence-corrected chi connectivity index (χ4v) is 1.17. The highest BCUT2D eigenvalue weighted by Crippen LogP contribution is 1.93. The number of hydrogen-bond donors (Lipinski definition) is 3. The average molecular weight is 305 g/mol. The van der Waals surface area contributed by atoms with Crippen LogP contribution in [-0.4, -0.2) is 44.4 Å². The number of nitrogens with two attached hydrogens (primary N) is 1. The molecule has 0 aromatic rings. The summed E-state index contributed by atoms with van der Waals surface area (Å²) in [5, 5.41) is 5.26. The van der Waals surface area contributed by atoms with Crippen molar-refractivity contribution in [2.75, 3.05) is 26.3 Å². The minimum atomic E-state index is -0.378. The molecule has 0 unspecified atom stereocenters. The molecule has 0 aliphatic carbocycles. The fraction of sp³-hybridized carbons (Fsp3) is 0.769. The van der Waals surface area contributed by atoms with Gasteiger partial charge in [-0.1, -0.05) is 0 Å². The maximum Gasteiger partial charge on any atom is 0.407 e. The van der Waals surface area contributed by atoms with E-state index >= 15 is 0 Å². The van der Waals surface area contributed by atoms with Gasteiger partial charge in [-0.3, -0.25) is 4.79 Å². The lowest BCUT2D eigenvalue weighted by atomic mass is 10.2. The monoisotopic (exact) mass is 305 g/mol. The van der Waals surface area contributed by atoms with Crippen molar-refractivity contribution in [3.8, 4) is 0 Å². The zero-order valence-electron chi connectivity index (χ0n) is 13.1. The fourth-order valence-electron chi connectivity index (χ4n) is 1.17. The van der Waals surface area contributed by atoms with Crippen LogP contribution in [0.25, 0.3) is 0 Å². The van der Waals surface area contributed by atoms with Gasteiger partial charge in [0.25, 0.3) is 0 Å². The van der Waals surface area contributed by atoms with Gasteiger partial charge in [0.05, 0.1) is 13.2 Å². The highest BCUT2D eigenvalue weighted by molar-refractivity contribution is 5.70. The molecule has 0 bridgehead atoms. The Morgan fingerprint density at radius 1 is 0.857 bits per heavy atom. The molecule has 3 amide bonds. The summed E-state index contributed by atoms with van der Waals surface area (Å²) in [7, 11) is 0. The van der Waals surface area contributed by atoms with Gasteiger partial charge in [0.1, 0.15) is 0 Å². The molecule has 0 heterocycles. The maximum absolute atomic E-state index is 10.9. The Morgan fingerprint density at radius 3 is 1.48 bits per heavy atom. The number of hydrogen-bond acceptors (Lipinski definition) is 5. The number of carbonyl (C=O) groups excluding carboxylic acids is 3. The lowest BCUT2D eigenvalue weighted by molar-refractivity contribution is -0.115. The summed E-state index contributed by atoms with van der Waals surface area (Å²) in [5.74, 6) is -0.333. The number of carbonyl (C=O) groups is 3. The molecule has 0 radical (unpaired) electrons. The van der Waals surface area contributed by atoms with E-state index in [2.05, 4.69) is 16.4 Å². The Hall–Kier alpha value is -1.99. The van der Waals surface area contributed by atoms with Gasteiger partial charge >= 0.3 is 12.2 Å². The molecule has 8 nitrogen and oxygen atoms in total. The number of nitrogens with one attached hydrogen (secondary N) is 2. The molecule has 0 rings (SSSR count). The van der Waals surface area contributed by atoms with Gasteiger partial charge in [0, 0.05) is 20.0 Å². The van der Waals surface area contributed by atoms with E-state index in [1.165, 1.54) is 6.92 Å². The highest BCUT2D eigenvalue weighted by atomic mass is 16.5. The van der Waals surface area contributed by atoms with E-state index in [4.69, 9.17) is 9.47 Å². The van der Waals surface area contributed by atoms with Gasteiger partial charge in [-0.25, -0.2) is 9.59 Å². The van der Waals surface area contributed by atoms with Crippen molar-refractivity contribution < 1.29 is 23.9 Å². The second-order valence-electron chi connectivity index (χ2n) is 3.97. The molecule has 21 heavy (non-hydrogen) atoms. The zero-order valence-corrected chi connectivity index (χ0v) is 13.1. The summed E-state index contributed by atoms with van der Waals surface area (Å²) in [6.07, 6.45) is 1.90. The molecular weight excluding hydrogens is 278 g/mol. The number of rotatable bonds is 8. The summed E-state index contributed by atoms with van der Waals surface area (Å²) in [6.45, 7) is 6.79. The molecule has 0 saturated heterocycles. The predicted octanol–water partition coefficient (Wildman–Crippen LogP) is 1.14. The second kappa shape index (κ2) is 16.1. The van der Waals surface area contributed by atoms with E-state index in [9.17, 15) is 14.4 Å². The molecule has 0 aliphatic rings. The van der Waals surface area contributed by atoms with Crippen molar-refractivity contribution in [3.05, 3.63) is 0 Å². The van der Waals surface area contributed by atoms with E-state index < -0.39 is 0 Å². The minimum absolute atomic E-state index is 0.333. The van der Waals surface area contributed by atoms with Crippen LogP contribution in [0.5, 0.6) is 0 Å². The molecular formula is C13H27N3O5. The Kier molecular flexibility index (Phi) is 16.3. The molecule has 8 heteroatoms. The van der Waals surface area contributed by atoms with Gasteiger partial charge in [-0.2, -0.15) is 0 Å². The number of ether oxygens (including phenoxy) is 2. The minimum Gasteiger partial charge on any atom is -0.450 e. The van der Waals surface area contributed by atoms with E-state index in [0.29, 0.717) is 26.3 Å². The lowest BCUT2D eigenvalue weighted by Crippen LogP contribution is -2.26. The van der Waals surface area contributed by atoms with Gasteiger partial charge in [-0.05, 0) is 33.1 Å². The van der Waals surface area contributed by atoms with Crippen molar-refractivity contribution in [1.29, 1.82) is 0 Å². The Balaban J connectivity index is 0. The van der Waals surface area contributed by atoms with Crippen molar-refractivity contribution in [1.82, 2.24) is 10.6 Å². The Labute approximate surface area is 125 Å². The molecule has 0 fully saturated rings. The Morgan fingerprint density at radius 2 is 1.19 bits per heavy atom. The van der Waals surface area contributed by atoms with Crippen LogP contribution in [0, 0.1) is 0 Å². The van der Waals surface area contributed by atoms with Crippen molar-refractivity contribution >= 4 is 18.1 Å². The van der Waals surface area contributed by atoms with Crippen molar-refractivity contribution in [2.45, 2.75) is 40.0 Å². The van der Waals surface area contributed by atoms with Crippen LogP contribution in [0.2, 0.25) is 0 Å². The number of primary amides is 1. The van der Waals surface area contributed by atoms with Crippen LogP contribution in [0.15, 0.2) is 0 Å². The lowest BCUT2D eigenvalue weighted by Gasteiger charge is -2.06. The third-order valence-corrected chi connectivity index (χ3v) is 1.94. The number of amides is 3. The summed E-state index contributed by atoms with van der Waals surface area (Å²) in [5.41, 5.74) is 4.47. The third-order valence-electron chi connectivity index (χ3n) is 1.94. The molecule has 0 saturated carbocycles. The summed E-state index contributed by atoms with van der Waals surface area (Å²) >= 11 is 0. The SMILES string of the molecule is CC(N)=O.CCOC(=O)NCCCCCNC(=O)OCC. The number of alkyl carbamates (subject to hydrolysis) is 2. The third kappa shape index (κ3) is 23.5. The smallest absolute Gasteiger partial charge is 0.407 e. The van der Waals surface area contributed by atoms with Crippen LogP contribution in [0.1, 0.15) is 40.0 Å². The zero-order chi connectivity index (χ0) is 16.5. The second-order valence-corrected chi connectivity index (χ2v) is 3.97. The van der Waals surface area contributed by atoms with Gasteiger partial charge in [0.15, 0.2) is 0 Å². The van der Waals surface area contributed by atoms with E-state index in [1.54, 1.807) is 13.8 Å². The largest absolute Gasteiger partial charge is 0.450 e. The molecule has 0 aliphatic heterocycles. The maximum atomic E-state index is 10.9. The summed E-state index contributed by atoms with van der Waals surface area (Å²) in [6, 6.07) is 0. The molecule has 0 spiro atoms. The first-order chi connectivity index (χ1) is 9.93. The normalized spacial score (nSPS) is 8.90. The van der Waals surface area contributed by atoms with Crippen LogP contribution >= 0.6 is 0 Å². The molecule has 0 aromatic heterocycles. The summed E-state index contributed by atoms with van der Waals surface area (Å²) < 4.78 is 9.41. The quantitative estimate of drug-likeness (QED) is 0.581. The van der Waals surface area contributed by atoms with Crippen LogP contribution in [0.3, 0.4) is 0 Å². The standard InChI is InChI=1S/C11H22N2O4.C2H5NO/c1-3-16-10(14)12-8-6-5-7-9-13-11(15)17-4-2;1-2(3)4/h3-9H2,1-2H3,(H,12,14)(H,13,15);1H3,(H2,3,4). The van der Waals surface area contributed by atoms with E-state index in [0.717, 1.165) is 19.3 Å². The molecule has 124 valence electrons. The topological polar surface area (TPSA) is 120 Å². The van der Waals surface area contributed by atoms with Crippen LogP contribution in [-0.2, 0) is 14.3 Å². The average Bonchev–Trinajstić information content (AvgIpc) is 2.37. The Bertz CT molecular complexity index is 272. The number of unbranched alkanes of at least 4 members (excludes halogenated alkanes) is 2. The first kappa shape index (κ1) is 21.3. The van der Waals surface area contributed by atoms with Gasteiger partial charge in [-0.15, -0.1) is 0 Å². The predicted molar refractivity (Wildman–Crippen MR) is 78.8 cm³/mol. The van der Waals surface area contributed by atoms with Crippen LogP contribution in [0.4, 0.5) is 9.59 Å². The molecule has 4 N–H and O–H groups in total. The van der Waals surface area contributed by atoms with Crippen molar-refractivity contribution in [3.63, 3.8) is 0 Å². The van der Waals surface area contributed by atoms with Crippen molar-refractivity contribution in [2.24, 2.45) is 5.73 Å². The molecule has 0 aromatic carbocycles. The first-order valence-electron chi connectivity index (χ1n) is 7.01.